The molecular weight excluding hydrogens is 1140 g/mol. The molecule has 8 aromatic rings. The maximum absolute atomic E-state index is 6.56. The molecule has 0 aromatic heterocycles. The fraction of sp³-hybridized carbons (Fsp3) is 0.400. The minimum absolute atomic E-state index is 0.197. The second kappa shape index (κ2) is 32.0. The van der Waals surface area contributed by atoms with Crippen LogP contribution in [0.3, 0.4) is 0 Å². The van der Waals surface area contributed by atoms with Gasteiger partial charge >= 0.3 is 0 Å². The van der Waals surface area contributed by atoms with Gasteiger partial charge < -0.3 is 59.2 Å². The van der Waals surface area contributed by atoms with Crippen LogP contribution in [0.1, 0.15) is 155 Å². The largest absolute Gasteiger partial charge is 0.493 e. The third kappa shape index (κ3) is 16.4. The Labute approximate surface area is 546 Å². The van der Waals surface area contributed by atoms with Gasteiger partial charge in [0.25, 0.3) is 0 Å². The molecule has 0 bridgehead atoms. The highest BCUT2D eigenvalue weighted by atomic mass is 16.5. The highest BCUT2D eigenvalue weighted by Crippen LogP contribution is 2.44. The minimum atomic E-state index is 0.197. The third-order valence-corrected chi connectivity index (χ3v) is 19.7. The Kier molecular flexibility index (Phi) is 22.3. The molecule has 4 aliphatic heterocycles. The Morgan fingerprint density at radius 3 is 0.739 bits per heavy atom. The Hall–Kier alpha value is -8.00. The van der Waals surface area contributed by atoms with Gasteiger partial charge in [0.05, 0.1) is 28.4 Å². The summed E-state index contributed by atoms with van der Waals surface area (Å²) in [5, 5.41) is 16.0. The van der Waals surface area contributed by atoms with Crippen molar-refractivity contribution in [3.05, 3.63) is 237 Å². The van der Waals surface area contributed by atoms with Crippen LogP contribution in [-0.4, -0.2) is 54.6 Å². The van der Waals surface area contributed by atoms with Crippen LogP contribution in [0.15, 0.2) is 170 Å². The Morgan fingerprint density at radius 2 is 0.522 bits per heavy atom. The van der Waals surface area contributed by atoms with E-state index >= 15 is 0 Å². The normalized spacial score (nSPS) is 18.0. The zero-order valence-electron chi connectivity index (χ0n) is 54.5. The van der Waals surface area contributed by atoms with E-state index in [0.717, 1.165) is 184 Å². The van der Waals surface area contributed by atoms with E-state index in [1.165, 1.54) is 44.5 Å². The van der Waals surface area contributed by atoms with E-state index in [1.54, 1.807) is 28.4 Å². The molecule has 0 fully saturated rings. The summed E-state index contributed by atoms with van der Waals surface area (Å²) in [5.41, 5.74) is 15.2. The molecule has 0 radical (unpaired) electrons. The molecule has 482 valence electrons. The fourth-order valence-corrected chi connectivity index (χ4v) is 14.6. The summed E-state index contributed by atoms with van der Waals surface area (Å²) in [7, 11) is 7.02. The smallest absolute Gasteiger partial charge is 0.162 e. The second-order valence-electron chi connectivity index (χ2n) is 25.6. The van der Waals surface area contributed by atoms with Crippen molar-refractivity contribution >= 4 is 0 Å². The number of hydrogen-bond donors (Lipinski definition) is 4. The van der Waals surface area contributed by atoms with E-state index in [0.29, 0.717) is 38.3 Å². The van der Waals surface area contributed by atoms with Gasteiger partial charge in [0, 0.05) is 24.2 Å². The topological polar surface area (TPSA) is 122 Å². The molecule has 0 amide bonds. The molecular formula is C80H94N4O8. The number of rotatable bonds is 31. The van der Waals surface area contributed by atoms with Crippen LogP contribution in [0.4, 0.5) is 0 Å². The van der Waals surface area contributed by atoms with E-state index in [2.05, 4.69) is 167 Å². The zero-order chi connectivity index (χ0) is 62.9. The van der Waals surface area contributed by atoms with E-state index < -0.39 is 0 Å². The number of benzene rings is 8. The standard InChI is InChI=1S/C80H94N4O8/c1-85-73-43-61-35-39-81-69(65(61)47-77(73)89-51-57-17-9-5-10-18-57)31-27-55(28-32-70-66-48-78(90-52-58-19-11-6-12-20-58)74(86-2)44-62(66)36-40-82-70)25-26-56(29-33-71-67-49-79(91-53-59-21-13-7-14-22-59)75(87-3)45-63(67)37-41-83-71)30-34-72-68-50-80(92-54-60-23-15-8-16-24-60)76(88-4)46-64(68)38-42-84-72/h5-24,43-50,55-56,69-72,81-84H,25-42,51-54H2,1-4H3. The number of fused-ring (bicyclic) bond motifs is 4. The summed E-state index contributed by atoms with van der Waals surface area (Å²) in [4.78, 5) is 0. The van der Waals surface area contributed by atoms with Crippen LogP contribution in [0, 0.1) is 11.8 Å². The minimum Gasteiger partial charge on any atom is -0.493 e. The van der Waals surface area contributed by atoms with Crippen LogP contribution in [-0.2, 0) is 52.1 Å². The van der Waals surface area contributed by atoms with E-state index in [-0.39, 0.29) is 24.2 Å². The molecule has 0 saturated heterocycles. The van der Waals surface area contributed by atoms with Crippen molar-refractivity contribution < 1.29 is 37.9 Å². The van der Waals surface area contributed by atoms with Gasteiger partial charge in [-0.1, -0.05) is 134 Å². The van der Waals surface area contributed by atoms with Crippen molar-refractivity contribution in [3.8, 4) is 46.0 Å². The number of ether oxygens (including phenoxy) is 8. The molecule has 12 heteroatoms. The van der Waals surface area contributed by atoms with Crippen molar-refractivity contribution in [1.29, 1.82) is 0 Å². The van der Waals surface area contributed by atoms with Crippen molar-refractivity contribution in [1.82, 2.24) is 21.3 Å². The van der Waals surface area contributed by atoms with Gasteiger partial charge in [-0.15, -0.1) is 0 Å². The maximum atomic E-state index is 6.56. The quantitative estimate of drug-likeness (QED) is 0.0331. The molecule has 0 saturated carbocycles. The summed E-state index contributed by atoms with van der Waals surface area (Å²) >= 11 is 0. The molecule has 8 aromatic carbocycles. The van der Waals surface area contributed by atoms with Gasteiger partial charge in [-0.25, -0.2) is 0 Å². The van der Waals surface area contributed by atoms with Crippen LogP contribution in [0.2, 0.25) is 0 Å². The second-order valence-corrected chi connectivity index (χ2v) is 25.6. The molecule has 4 unspecified atom stereocenters. The van der Waals surface area contributed by atoms with Crippen molar-refractivity contribution in [2.24, 2.45) is 11.8 Å². The molecule has 92 heavy (non-hydrogen) atoms. The van der Waals surface area contributed by atoms with Gasteiger partial charge in [-0.3, -0.25) is 0 Å². The van der Waals surface area contributed by atoms with E-state index in [9.17, 15) is 0 Å². The summed E-state index contributed by atoms with van der Waals surface area (Å²) in [6.45, 7) is 5.63. The van der Waals surface area contributed by atoms with Gasteiger partial charge in [-0.2, -0.15) is 0 Å². The molecule has 12 rings (SSSR count). The molecule has 4 atom stereocenters. The van der Waals surface area contributed by atoms with Crippen molar-refractivity contribution in [3.63, 3.8) is 0 Å². The highest BCUT2D eigenvalue weighted by molar-refractivity contribution is 5.53. The van der Waals surface area contributed by atoms with Crippen LogP contribution in [0.5, 0.6) is 46.0 Å². The Balaban J connectivity index is 0.823. The molecule has 12 nitrogen and oxygen atoms in total. The molecule has 0 spiro atoms. The Morgan fingerprint density at radius 1 is 0.293 bits per heavy atom. The van der Waals surface area contributed by atoms with Gasteiger partial charge in [0.2, 0.25) is 0 Å². The summed E-state index contributed by atoms with van der Waals surface area (Å²) in [6.07, 6.45) is 14.6. The Bertz CT molecular complexity index is 3160. The lowest BCUT2D eigenvalue weighted by atomic mass is 9.80. The predicted molar refractivity (Wildman–Crippen MR) is 366 cm³/mol. The predicted octanol–water partition coefficient (Wildman–Crippen LogP) is 16.0. The molecule has 4 N–H and O–H groups in total. The molecule has 0 aliphatic carbocycles. The number of hydrogen-bond acceptors (Lipinski definition) is 12. The fourth-order valence-electron chi connectivity index (χ4n) is 14.6. The first kappa shape index (κ1) is 64.1. The summed E-state index contributed by atoms with van der Waals surface area (Å²) < 4.78 is 50.2. The van der Waals surface area contributed by atoms with Crippen molar-refractivity contribution in [2.45, 2.75) is 140 Å². The highest BCUT2D eigenvalue weighted by Gasteiger charge is 2.31. The SMILES string of the molecule is COc1cc2c(cc1OCc1ccccc1)C(CCC(CCC(CCC1NCCc3cc(OC)c(OCc4ccccc4)cc31)CCC1NCCc3cc(OC)c(OCc4ccccc4)cc31)CCC1NCCc3cc(OC)c(OCc4ccccc4)cc31)NCC2. The number of nitrogens with one attached hydrogen (secondary N) is 4. The van der Waals surface area contributed by atoms with E-state index in [4.69, 9.17) is 37.9 Å². The zero-order valence-corrected chi connectivity index (χ0v) is 54.5. The van der Waals surface area contributed by atoms with Crippen molar-refractivity contribution in [2.75, 3.05) is 54.6 Å². The average Bonchev–Trinajstić information content (AvgIpc) is 1.45. The lowest BCUT2D eigenvalue weighted by molar-refractivity contribution is 0.272. The van der Waals surface area contributed by atoms with Crippen LogP contribution >= 0.6 is 0 Å². The monoisotopic (exact) mass is 1240 g/mol. The lowest BCUT2D eigenvalue weighted by Crippen LogP contribution is -2.31. The first-order chi connectivity index (χ1) is 45.4. The molecule has 4 aliphatic rings. The van der Waals surface area contributed by atoms with Crippen LogP contribution in [0.25, 0.3) is 0 Å². The van der Waals surface area contributed by atoms with E-state index in [1.807, 2.05) is 24.3 Å². The first-order valence-corrected chi connectivity index (χ1v) is 33.8. The summed E-state index contributed by atoms with van der Waals surface area (Å²) in [6, 6.07) is 60.4. The maximum Gasteiger partial charge on any atom is 0.162 e. The van der Waals surface area contributed by atoms with Crippen LogP contribution < -0.4 is 59.2 Å². The lowest BCUT2D eigenvalue weighted by Gasteiger charge is -2.33. The average molecular weight is 1240 g/mol. The summed E-state index contributed by atoms with van der Waals surface area (Å²) in [5.74, 6) is 7.32. The van der Waals surface area contributed by atoms with Gasteiger partial charge in [0.15, 0.2) is 46.0 Å². The van der Waals surface area contributed by atoms with Gasteiger partial charge in [-0.05, 0) is 230 Å². The first-order valence-electron chi connectivity index (χ1n) is 33.8. The third-order valence-electron chi connectivity index (χ3n) is 19.7. The van der Waals surface area contributed by atoms with Gasteiger partial charge in [0.1, 0.15) is 26.4 Å². The molecule has 4 heterocycles. The number of methoxy groups -OCH3 is 4.